The summed E-state index contributed by atoms with van der Waals surface area (Å²) in [5.74, 6) is -0.682. The van der Waals surface area contributed by atoms with Gasteiger partial charge in [-0.1, -0.05) is 37.8 Å². The van der Waals surface area contributed by atoms with Gasteiger partial charge < -0.3 is 5.11 Å². The van der Waals surface area contributed by atoms with Crippen molar-refractivity contribution < 1.29 is 14.7 Å². The molecule has 0 saturated heterocycles. The summed E-state index contributed by atoms with van der Waals surface area (Å²) in [7, 11) is 1.63. The summed E-state index contributed by atoms with van der Waals surface area (Å²) in [5.41, 5.74) is 5.38. The van der Waals surface area contributed by atoms with E-state index in [9.17, 15) is 4.79 Å². The molecule has 19 heavy (non-hydrogen) atoms. The fourth-order valence-corrected chi connectivity index (χ4v) is 2.31. The summed E-state index contributed by atoms with van der Waals surface area (Å²) in [6, 6.07) is 0. The van der Waals surface area contributed by atoms with Crippen LogP contribution in [0.5, 0.6) is 0 Å². The number of allylic oxidation sites excluding steroid dienone is 3. The van der Waals surface area contributed by atoms with Crippen molar-refractivity contribution in [1.82, 2.24) is 5.48 Å². The van der Waals surface area contributed by atoms with E-state index in [1.807, 2.05) is 0 Å². The molecule has 4 nitrogen and oxygen atoms in total. The van der Waals surface area contributed by atoms with Crippen LogP contribution in [0.1, 0.15) is 57.8 Å². The first-order valence-corrected chi connectivity index (χ1v) is 7.14. The van der Waals surface area contributed by atoms with Crippen molar-refractivity contribution in [3.05, 3.63) is 23.4 Å². The molecule has 2 N–H and O–H groups in total. The van der Waals surface area contributed by atoms with Crippen LogP contribution in [-0.4, -0.2) is 18.2 Å². The molecule has 0 radical (unpaired) electrons. The number of carboxylic acid groups (broad SMARTS) is 1. The first-order valence-electron chi connectivity index (χ1n) is 7.14. The zero-order chi connectivity index (χ0) is 13.9. The minimum atomic E-state index is -0.682. The normalized spacial score (nSPS) is 14.2. The van der Waals surface area contributed by atoms with E-state index in [0.717, 1.165) is 37.8 Å². The lowest BCUT2D eigenvalue weighted by molar-refractivity contribution is -0.137. The highest BCUT2D eigenvalue weighted by Gasteiger charge is 2.08. The predicted octanol–water partition coefficient (Wildman–Crippen LogP) is 3.56. The maximum absolute atomic E-state index is 10.3. The Hall–Kier alpha value is -1.29. The highest BCUT2D eigenvalue weighted by molar-refractivity contribution is 5.66. The van der Waals surface area contributed by atoms with Crippen molar-refractivity contribution >= 4 is 5.97 Å². The van der Waals surface area contributed by atoms with Gasteiger partial charge in [0.25, 0.3) is 0 Å². The van der Waals surface area contributed by atoms with Crippen LogP contribution in [0.25, 0.3) is 0 Å². The van der Waals surface area contributed by atoms with Gasteiger partial charge in [-0.25, -0.2) is 0 Å². The van der Waals surface area contributed by atoms with E-state index >= 15 is 0 Å². The minimum absolute atomic E-state index is 0.309. The molecule has 0 spiro atoms. The standard InChI is InChI=1S/C15H25NO3/c1-19-16-14-11-8-10-13(14)9-6-4-2-3-5-7-12-15(17)18/h10-11,16H,2-9,12H2,1H3,(H,17,18). The van der Waals surface area contributed by atoms with Crippen LogP contribution < -0.4 is 5.48 Å². The fourth-order valence-electron chi connectivity index (χ4n) is 2.31. The van der Waals surface area contributed by atoms with Gasteiger partial charge in [0.1, 0.15) is 0 Å². The van der Waals surface area contributed by atoms with E-state index in [4.69, 9.17) is 9.94 Å². The largest absolute Gasteiger partial charge is 0.481 e. The maximum atomic E-state index is 10.3. The summed E-state index contributed by atoms with van der Waals surface area (Å²) < 4.78 is 0. The van der Waals surface area contributed by atoms with Crippen molar-refractivity contribution in [2.24, 2.45) is 0 Å². The van der Waals surface area contributed by atoms with E-state index in [0.29, 0.717) is 6.42 Å². The highest BCUT2D eigenvalue weighted by Crippen LogP contribution is 2.22. The average molecular weight is 267 g/mol. The van der Waals surface area contributed by atoms with Crippen molar-refractivity contribution in [3.63, 3.8) is 0 Å². The zero-order valence-corrected chi connectivity index (χ0v) is 11.8. The molecule has 0 saturated carbocycles. The molecule has 0 aromatic heterocycles. The lowest BCUT2D eigenvalue weighted by atomic mass is 10.0. The van der Waals surface area contributed by atoms with E-state index in [1.54, 1.807) is 7.11 Å². The van der Waals surface area contributed by atoms with Gasteiger partial charge in [0, 0.05) is 6.42 Å². The van der Waals surface area contributed by atoms with Gasteiger partial charge in [-0.3, -0.25) is 15.1 Å². The Kier molecular flexibility index (Phi) is 7.98. The minimum Gasteiger partial charge on any atom is -0.481 e. The van der Waals surface area contributed by atoms with Crippen LogP contribution in [-0.2, 0) is 9.63 Å². The number of carbonyl (C=O) groups is 1. The Morgan fingerprint density at radius 2 is 1.89 bits per heavy atom. The Bertz CT molecular complexity index is 334. The second kappa shape index (κ2) is 9.62. The summed E-state index contributed by atoms with van der Waals surface area (Å²) in [4.78, 5) is 15.3. The molecule has 0 aromatic rings. The summed E-state index contributed by atoms with van der Waals surface area (Å²) in [6.07, 6.45) is 13.4. The molecule has 0 fully saturated rings. The van der Waals surface area contributed by atoms with Crippen LogP contribution in [0.15, 0.2) is 23.4 Å². The quantitative estimate of drug-likeness (QED) is 0.444. The molecule has 1 rings (SSSR count). The van der Waals surface area contributed by atoms with Crippen molar-refractivity contribution in [1.29, 1.82) is 0 Å². The maximum Gasteiger partial charge on any atom is 0.303 e. The topological polar surface area (TPSA) is 58.6 Å². The number of aliphatic carboxylic acids is 1. The number of carboxylic acids is 1. The van der Waals surface area contributed by atoms with Crippen LogP contribution in [0.3, 0.4) is 0 Å². The molecule has 0 atom stereocenters. The first-order chi connectivity index (χ1) is 9.24. The molecule has 0 aromatic carbocycles. The van der Waals surface area contributed by atoms with Gasteiger partial charge in [0.05, 0.1) is 12.8 Å². The molecule has 0 heterocycles. The van der Waals surface area contributed by atoms with Gasteiger partial charge in [0.15, 0.2) is 0 Å². The lowest BCUT2D eigenvalue weighted by Gasteiger charge is -2.09. The summed E-state index contributed by atoms with van der Waals surface area (Å²) in [5, 5.41) is 8.52. The number of hydrogen-bond donors (Lipinski definition) is 2. The zero-order valence-electron chi connectivity index (χ0n) is 11.8. The summed E-state index contributed by atoms with van der Waals surface area (Å²) >= 11 is 0. The van der Waals surface area contributed by atoms with Crippen LogP contribution in [0.2, 0.25) is 0 Å². The molecule has 0 bridgehead atoms. The van der Waals surface area contributed by atoms with Crippen molar-refractivity contribution in [2.45, 2.75) is 57.8 Å². The van der Waals surface area contributed by atoms with Crippen LogP contribution in [0.4, 0.5) is 0 Å². The van der Waals surface area contributed by atoms with E-state index in [2.05, 4.69) is 17.6 Å². The molecular formula is C15H25NO3. The fraction of sp³-hybridized carbons (Fsp3) is 0.667. The van der Waals surface area contributed by atoms with Crippen molar-refractivity contribution in [2.75, 3.05) is 7.11 Å². The number of hydrogen-bond acceptors (Lipinski definition) is 3. The monoisotopic (exact) mass is 267 g/mol. The Morgan fingerprint density at radius 3 is 2.58 bits per heavy atom. The molecular weight excluding hydrogens is 242 g/mol. The third kappa shape index (κ3) is 7.01. The number of unbranched alkanes of at least 4 members (excludes halogenated alkanes) is 5. The van der Waals surface area contributed by atoms with Crippen molar-refractivity contribution in [3.8, 4) is 0 Å². The Labute approximate surface area is 115 Å². The molecule has 0 aliphatic heterocycles. The third-order valence-electron chi connectivity index (χ3n) is 3.33. The molecule has 1 aliphatic rings. The van der Waals surface area contributed by atoms with Gasteiger partial charge in [-0.15, -0.1) is 0 Å². The van der Waals surface area contributed by atoms with Gasteiger partial charge in [-0.2, -0.15) is 0 Å². The van der Waals surface area contributed by atoms with E-state index < -0.39 is 5.97 Å². The van der Waals surface area contributed by atoms with Gasteiger partial charge in [-0.05, 0) is 31.3 Å². The van der Waals surface area contributed by atoms with Crippen LogP contribution in [0, 0.1) is 0 Å². The average Bonchev–Trinajstić information content (AvgIpc) is 2.80. The predicted molar refractivity (Wildman–Crippen MR) is 75.5 cm³/mol. The van der Waals surface area contributed by atoms with Gasteiger partial charge >= 0.3 is 5.97 Å². The second-order valence-corrected chi connectivity index (χ2v) is 4.90. The SMILES string of the molecule is CONC1=CCC=C1CCCCCCCCC(=O)O. The van der Waals surface area contributed by atoms with Crippen LogP contribution >= 0.6 is 0 Å². The number of nitrogens with one attached hydrogen (secondary N) is 1. The summed E-state index contributed by atoms with van der Waals surface area (Å²) in [6.45, 7) is 0. The van der Waals surface area contributed by atoms with E-state index in [1.165, 1.54) is 24.8 Å². The third-order valence-corrected chi connectivity index (χ3v) is 3.33. The molecule has 108 valence electrons. The van der Waals surface area contributed by atoms with E-state index in [-0.39, 0.29) is 0 Å². The molecule has 1 aliphatic carbocycles. The smallest absolute Gasteiger partial charge is 0.303 e. The highest BCUT2D eigenvalue weighted by atomic mass is 16.6. The molecule has 0 unspecified atom stereocenters. The Morgan fingerprint density at radius 1 is 1.21 bits per heavy atom. The molecule has 4 heteroatoms. The Balaban J connectivity index is 1.96. The molecule has 0 amide bonds. The van der Waals surface area contributed by atoms with Gasteiger partial charge in [0.2, 0.25) is 0 Å². The second-order valence-electron chi connectivity index (χ2n) is 4.90. The number of hydroxylamine groups is 1. The lowest BCUT2D eigenvalue weighted by Crippen LogP contribution is -2.11. The number of rotatable bonds is 11. The first kappa shape index (κ1) is 15.8.